The molecule has 0 spiro atoms. The molecule has 0 amide bonds. The molecule has 0 saturated carbocycles. The molecule has 1 atom stereocenters. The van der Waals surface area contributed by atoms with Gasteiger partial charge in [0.2, 0.25) is 0 Å². The third kappa shape index (κ3) is 3.95. The van der Waals surface area contributed by atoms with E-state index in [1.807, 2.05) is 0 Å². The molecule has 108 valence electrons. The molecular weight excluding hydrogens is 258 g/mol. The Morgan fingerprint density at radius 3 is 2.32 bits per heavy atom. The van der Waals surface area contributed by atoms with Gasteiger partial charge < -0.3 is 10.1 Å². The van der Waals surface area contributed by atoms with Crippen LogP contribution in [0.25, 0.3) is 0 Å². The fraction of sp³-hybridized carbons (Fsp3) is 0.625. The highest BCUT2D eigenvalue weighted by Gasteiger charge is 2.15. The van der Waals surface area contributed by atoms with Crippen molar-refractivity contribution in [2.45, 2.75) is 53.2 Å². The van der Waals surface area contributed by atoms with Gasteiger partial charge in [0.15, 0.2) is 0 Å². The maximum atomic E-state index is 6.08. The van der Waals surface area contributed by atoms with E-state index in [4.69, 9.17) is 4.74 Å². The summed E-state index contributed by atoms with van der Waals surface area (Å²) in [6.07, 6.45) is 2.81. The Kier molecular flexibility index (Phi) is 6.31. The quantitative estimate of drug-likeness (QED) is 0.915. The summed E-state index contributed by atoms with van der Waals surface area (Å²) < 4.78 is 6.08. The summed E-state index contributed by atoms with van der Waals surface area (Å²) in [6.45, 7) is 11.7. The van der Waals surface area contributed by atoms with Crippen molar-refractivity contribution in [2.75, 3.05) is 13.1 Å². The van der Waals surface area contributed by atoms with Crippen LogP contribution in [0.5, 0.6) is 0 Å². The summed E-state index contributed by atoms with van der Waals surface area (Å²) in [5, 5.41) is 3.40. The number of benzene rings is 1. The number of aryl methyl sites for hydroxylation is 2. The summed E-state index contributed by atoms with van der Waals surface area (Å²) in [5.74, 6) is 0. The fourth-order valence-corrected chi connectivity index (χ4v) is 2.68. The predicted octanol–water partition coefficient (Wildman–Crippen LogP) is 3.61. The van der Waals surface area contributed by atoms with Crippen molar-refractivity contribution in [2.24, 2.45) is 0 Å². The highest BCUT2D eigenvalue weighted by molar-refractivity contribution is 5.85. The van der Waals surface area contributed by atoms with Crippen LogP contribution in [0, 0.1) is 27.7 Å². The Balaban J connectivity index is 0.00000180. The number of ether oxygens (including phenoxy) is 1. The summed E-state index contributed by atoms with van der Waals surface area (Å²) in [5.41, 5.74) is 6.92. The van der Waals surface area contributed by atoms with E-state index in [1.54, 1.807) is 0 Å². The summed E-state index contributed by atoms with van der Waals surface area (Å²) in [6, 6.07) is 2.27. The molecule has 1 aromatic carbocycles. The average molecular weight is 284 g/mol. The van der Waals surface area contributed by atoms with Crippen molar-refractivity contribution in [3.63, 3.8) is 0 Å². The highest BCUT2D eigenvalue weighted by atomic mass is 35.5. The molecule has 0 bridgehead atoms. The lowest BCUT2D eigenvalue weighted by molar-refractivity contribution is 0.0248. The van der Waals surface area contributed by atoms with Crippen molar-refractivity contribution in [3.05, 3.63) is 33.9 Å². The second kappa shape index (κ2) is 7.28. The number of halogens is 1. The third-order valence-electron chi connectivity index (χ3n) is 4.24. The lowest BCUT2D eigenvalue weighted by atomic mass is 9.95. The zero-order chi connectivity index (χ0) is 13.1. The van der Waals surface area contributed by atoms with Crippen LogP contribution in [-0.4, -0.2) is 19.2 Å². The van der Waals surface area contributed by atoms with Gasteiger partial charge in [-0.15, -0.1) is 12.4 Å². The standard InChI is InChI=1S/C16H25NO.ClH/c1-11-8-12(2)14(4)16(13(11)3)10-18-15-6-5-7-17-9-15;/h8,15,17H,5-7,9-10H2,1-4H3;1H. The summed E-state index contributed by atoms with van der Waals surface area (Å²) in [4.78, 5) is 0. The van der Waals surface area contributed by atoms with Crippen LogP contribution in [0.4, 0.5) is 0 Å². The number of hydrogen-bond donors (Lipinski definition) is 1. The van der Waals surface area contributed by atoms with E-state index in [-0.39, 0.29) is 12.4 Å². The molecule has 3 heteroatoms. The second-order valence-corrected chi connectivity index (χ2v) is 5.52. The third-order valence-corrected chi connectivity index (χ3v) is 4.24. The summed E-state index contributed by atoms with van der Waals surface area (Å²) in [7, 11) is 0. The zero-order valence-corrected chi connectivity index (χ0v) is 13.3. The molecule has 19 heavy (non-hydrogen) atoms. The van der Waals surface area contributed by atoms with E-state index < -0.39 is 0 Å². The molecular formula is C16H26ClNO. The molecule has 1 unspecified atom stereocenters. The highest BCUT2D eigenvalue weighted by Crippen LogP contribution is 2.23. The van der Waals surface area contributed by atoms with Gasteiger partial charge in [0.05, 0.1) is 12.7 Å². The number of nitrogens with one attached hydrogen (secondary N) is 1. The van der Waals surface area contributed by atoms with Crippen LogP contribution in [0.2, 0.25) is 0 Å². The van der Waals surface area contributed by atoms with Gasteiger partial charge in [0, 0.05) is 6.54 Å². The zero-order valence-electron chi connectivity index (χ0n) is 12.5. The topological polar surface area (TPSA) is 21.3 Å². The SMILES string of the molecule is Cc1cc(C)c(C)c(COC2CCCNC2)c1C.Cl. The van der Waals surface area contributed by atoms with Gasteiger partial charge in [0.25, 0.3) is 0 Å². The molecule has 1 N–H and O–H groups in total. The van der Waals surface area contributed by atoms with Gasteiger partial charge >= 0.3 is 0 Å². The average Bonchev–Trinajstić information content (AvgIpc) is 2.38. The molecule has 1 aromatic rings. The second-order valence-electron chi connectivity index (χ2n) is 5.52. The molecule has 2 nitrogen and oxygen atoms in total. The summed E-state index contributed by atoms with van der Waals surface area (Å²) >= 11 is 0. The first-order valence-corrected chi connectivity index (χ1v) is 6.98. The van der Waals surface area contributed by atoms with Gasteiger partial charge in [-0.25, -0.2) is 0 Å². The van der Waals surface area contributed by atoms with E-state index in [9.17, 15) is 0 Å². The van der Waals surface area contributed by atoms with Gasteiger partial charge in [-0.1, -0.05) is 6.07 Å². The van der Waals surface area contributed by atoms with Crippen molar-refractivity contribution in [1.29, 1.82) is 0 Å². The number of rotatable bonds is 3. The number of hydrogen-bond acceptors (Lipinski definition) is 2. The van der Waals surface area contributed by atoms with Crippen LogP contribution in [0.15, 0.2) is 6.07 Å². The van der Waals surface area contributed by atoms with Crippen LogP contribution < -0.4 is 5.32 Å². The minimum absolute atomic E-state index is 0. The first-order chi connectivity index (χ1) is 8.59. The smallest absolute Gasteiger partial charge is 0.0726 e. The largest absolute Gasteiger partial charge is 0.372 e. The Morgan fingerprint density at radius 1 is 1.16 bits per heavy atom. The molecule has 0 radical (unpaired) electrons. The molecule has 1 saturated heterocycles. The minimum Gasteiger partial charge on any atom is -0.372 e. The normalized spacial score (nSPS) is 19.1. The predicted molar refractivity (Wildman–Crippen MR) is 83.3 cm³/mol. The molecule has 0 aliphatic carbocycles. The maximum absolute atomic E-state index is 6.08. The van der Waals surface area contributed by atoms with Crippen molar-refractivity contribution >= 4 is 12.4 Å². The minimum atomic E-state index is 0. The lowest BCUT2D eigenvalue weighted by Crippen LogP contribution is -2.35. The molecule has 2 rings (SSSR count). The fourth-order valence-electron chi connectivity index (χ4n) is 2.68. The molecule has 1 heterocycles. The van der Waals surface area contributed by atoms with Crippen LogP contribution >= 0.6 is 12.4 Å². The first-order valence-electron chi connectivity index (χ1n) is 6.98. The Hall–Kier alpha value is -0.570. The Labute approximate surface area is 123 Å². The van der Waals surface area contributed by atoms with Crippen molar-refractivity contribution in [1.82, 2.24) is 5.32 Å². The van der Waals surface area contributed by atoms with Crippen molar-refractivity contribution < 1.29 is 4.74 Å². The van der Waals surface area contributed by atoms with Crippen molar-refractivity contribution in [3.8, 4) is 0 Å². The van der Waals surface area contributed by atoms with Crippen LogP contribution in [0.3, 0.4) is 0 Å². The Bertz CT molecular complexity index is 399. The van der Waals surface area contributed by atoms with E-state index in [0.717, 1.165) is 19.7 Å². The van der Waals surface area contributed by atoms with Gasteiger partial charge in [0.1, 0.15) is 0 Å². The van der Waals surface area contributed by atoms with Crippen LogP contribution in [-0.2, 0) is 11.3 Å². The molecule has 0 aromatic heterocycles. The van der Waals surface area contributed by atoms with E-state index in [2.05, 4.69) is 39.1 Å². The van der Waals surface area contributed by atoms with Crippen LogP contribution in [0.1, 0.15) is 40.7 Å². The lowest BCUT2D eigenvalue weighted by Gasteiger charge is -2.24. The van der Waals surface area contributed by atoms with Gasteiger partial charge in [-0.2, -0.15) is 0 Å². The molecule has 1 fully saturated rings. The number of piperidine rings is 1. The van der Waals surface area contributed by atoms with E-state index >= 15 is 0 Å². The molecule has 1 aliphatic heterocycles. The van der Waals surface area contributed by atoms with Gasteiger partial charge in [-0.3, -0.25) is 0 Å². The monoisotopic (exact) mass is 283 g/mol. The molecule has 1 aliphatic rings. The Morgan fingerprint density at radius 2 is 1.79 bits per heavy atom. The first kappa shape index (κ1) is 16.5. The van der Waals surface area contributed by atoms with E-state index in [0.29, 0.717) is 6.10 Å². The van der Waals surface area contributed by atoms with E-state index in [1.165, 1.54) is 40.7 Å². The van der Waals surface area contributed by atoms with Gasteiger partial charge in [-0.05, 0) is 74.9 Å². The maximum Gasteiger partial charge on any atom is 0.0726 e.